The smallest absolute Gasteiger partial charge is 0.211 e. The molecule has 1 saturated carbocycles. The second-order valence-electron chi connectivity index (χ2n) is 6.76. The van der Waals surface area contributed by atoms with Crippen molar-refractivity contribution in [1.82, 2.24) is 14.7 Å². The molecule has 1 fully saturated rings. The third-order valence-corrected chi connectivity index (χ3v) is 6.25. The van der Waals surface area contributed by atoms with Gasteiger partial charge in [0.05, 0.1) is 11.4 Å². The van der Waals surface area contributed by atoms with Crippen molar-refractivity contribution in [2.45, 2.75) is 65.0 Å². The van der Waals surface area contributed by atoms with Gasteiger partial charge in [0, 0.05) is 24.7 Å². The Morgan fingerprint density at radius 2 is 2.00 bits per heavy atom. The number of nitrogens with zero attached hydrogens (tertiary/aromatic N) is 3. The van der Waals surface area contributed by atoms with Crippen molar-refractivity contribution >= 4 is 21.9 Å². The summed E-state index contributed by atoms with van der Waals surface area (Å²) in [5.74, 6) is 1.11. The molecule has 0 radical (unpaired) electrons. The highest BCUT2D eigenvalue weighted by Gasteiger charge is 2.35. The minimum atomic E-state index is -3.14. The summed E-state index contributed by atoms with van der Waals surface area (Å²) in [6.07, 6.45) is 10.2. The molecular formula is C18H30N4O2S. The van der Waals surface area contributed by atoms with E-state index in [1.165, 1.54) is 0 Å². The first-order valence-corrected chi connectivity index (χ1v) is 10.7. The van der Waals surface area contributed by atoms with Gasteiger partial charge in [-0.05, 0) is 32.6 Å². The Hall–Kier alpha value is -1.47. The number of hydrogen-bond acceptors (Lipinski definition) is 5. The molecule has 1 aliphatic carbocycles. The number of nitrogens with one attached hydrogen (secondary N) is 1. The van der Waals surface area contributed by atoms with E-state index in [0.717, 1.165) is 42.8 Å². The van der Waals surface area contributed by atoms with Gasteiger partial charge in [0.15, 0.2) is 0 Å². The fraction of sp³-hybridized carbons (Fsp3) is 0.667. The van der Waals surface area contributed by atoms with Crippen LogP contribution in [0.25, 0.3) is 6.08 Å². The van der Waals surface area contributed by atoms with Crippen molar-refractivity contribution in [2.75, 3.05) is 17.7 Å². The van der Waals surface area contributed by atoms with Crippen LogP contribution in [0.2, 0.25) is 0 Å². The van der Waals surface area contributed by atoms with E-state index in [9.17, 15) is 8.42 Å². The first kappa shape index (κ1) is 19.8. The molecule has 6 nitrogen and oxygen atoms in total. The molecule has 2 rings (SSSR count). The number of allylic oxidation sites excluding steroid dienone is 1. The Balaban J connectivity index is 2.03. The average Bonchev–Trinajstić information content (AvgIpc) is 2.51. The number of hydrogen-bond donors (Lipinski definition) is 1. The van der Waals surface area contributed by atoms with Crippen LogP contribution in [-0.2, 0) is 10.0 Å². The van der Waals surface area contributed by atoms with E-state index in [4.69, 9.17) is 0 Å². The van der Waals surface area contributed by atoms with Gasteiger partial charge in [-0.3, -0.25) is 0 Å². The number of aromatic nitrogens is 2. The largest absolute Gasteiger partial charge is 0.356 e. The maximum atomic E-state index is 11.9. The van der Waals surface area contributed by atoms with Crippen LogP contribution in [0.15, 0.2) is 12.4 Å². The summed E-state index contributed by atoms with van der Waals surface area (Å²) >= 11 is 0. The SMILES string of the molecule is CCC/C=C\c1c(C)ncnc1N(C)C1CC(NS(=O)(=O)CCC)C1. The van der Waals surface area contributed by atoms with E-state index in [1.807, 2.05) is 20.9 Å². The van der Waals surface area contributed by atoms with E-state index < -0.39 is 10.0 Å². The molecule has 0 saturated heterocycles. The molecule has 1 aromatic heterocycles. The van der Waals surface area contributed by atoms with E-state index in [1.54, 1.807) is 6.33 Å². The lowest BCUT2D eigenvalue weighted by Gasteiger charge is -2.42. The molecule has 1 aliphatic rings. The average molecular weight is 367 g/mol. The fourth-order valence-corrected chi connectivity index (χ4v) is 4.43. The molecule has 1 N–H and O–H groups in total. The zero-order chi connectivity index (χ0) is 18.4. The Morgan fingerprint density at radius 3 is 2.64 bits per heavy atom. The number of aryl methyl sites for hydroxylation is 1. The van der Waals surface area contributed by atoms with Crippen molar-refractivity contribution in [3.8, 4) is 0 Å². The Bertz CT molecular complexity index is 697. The van der Waals surface area contributed by atoms with Gasteiger partial charge >= 0.3 is 0 Å². The second kappa shape index (κ2) is 8.76. The summed E-state index contributed by atoms with van der Waals surface area (Å²) in [6, 6.07) is 0.327. The van der Waals surface area contributed by atoms with Crippen LogP contribution in [0.3, 0.4) is 0 Å². The van der Waals surface area contributed by atoms with Crippen molar-refractivity contribution in [1.29, 1.82) is 0 Å². The summed E-state index contributed by atoms with van der Waals surface area (Å²) in [5, 5.41) is 0. The Labute approximate surface area is 151 Å². The molecule has 0 atom stereocenters. The predicted octanol–water partition coefficient (Wildman–Crippen LogP) is 2.89. The quantitative estimate of drug-likeness (QED) is 0.727. The summed E-state index contributed by atoms with van der Waals surface area (Å²) in [4.78, 5) is 10.9. The zero-order valence-electron chi connectivity index (χ0n) is 15.7. The van der Waals surface area contributed by atoms with E-state index in [0.29, 0.717) is 12.5 Å². The lowest BCUT2D eigenvalue weighted by atomic mass is 9.86. The van der Waals surface area contributed by atoms with Crippen molar-refractivity contribution in [3.05, 3.63) is 23.7 Å². The van der Waals surface area contributed by atoms with E-state index in [-0.39, 0.29) is 11.8 Å². The lowest BCUT2D eigenvalue weighted by molar-refractivity contribution is 0.316. The van der Waals surface area contributed by atoms with Crippen molar-refractivity contribution in [2.24, 2.45) is 0 Å². The molecule has 140 valence electrons. The summed E-state index contributed by atoms with van der Waals surface area (Å²) < 4.78 is 26.5. The standard InChI is InChI=1S/C18H30N4O2S/c1-5-7-8-9-17-14(3)19-13-20-18(17)22(4)16-11-15(12-16)21-25(23,24)10-6-2/h8-9,13,15-16,21H,5-7,10-12H2,1-4H3/b9-8-. The van der Waals surface area contributed by atoms with Gasteiger partial charge in [0.25, 0.3) is 0 Å². The van der Waals surface area contributed by atoms with Crippen LogP contribution in [0.5, 0.6) is 0 Å². The van der Waals surface area contributed by atoms with Crippen LogP contribution in [0, 0.1) is 6.92 Å². The van der Waals surface area contributed by atoms with Gasteiger partial charge in [0.2, 0.25) is 10.0 Å². The van der Waals surface area contributed by atoms with Gasteiger partial charge < -0.3 is 4.90 Å². The van der Waals surface area contributed by atoms with Crippen molar-refractivity contribution in [3.63, 3.8) is 0 Å². The Morgan fingerprint density at radius 1 is 1.28 bits per heavy atom. The van der Waals surface area contributed by atoms with E-state index in [2.05, 4.69) is 38.7 Å². The second-order valence-corrected chi connectivity index (χ2v) is 8.63. The molecule has 7 heteroatoms. The Kier molecular flexibility index (Phi) is 6.95. The topological polar surface area (TPSA) is 75.2 Å². The van der Waals surface area contributed by atoms with E-state index >= 15 is 0 Å². The number of anilines is 1. The number of rotatable bonds is 9. The van der Waals surface area contributed by atoms with Gasteiger partial charge in [-0.1, -0.05) is 32.4 Å². The number of unbranched alkanes of at least 4 members (excludes halogenated alkanes) is 1. The molecule has 1 heterocycles. The first-order chi connectivity index (χ1) is 11.9. The minimum Gasteiger partial charge on any atom is -0.356 e. The molecule has 0 bridgehead atoms. The highest BCUT2D eigenvalue weighted by molar-refractivity contribution is 7.89. The monoisotopic (exact) mass is 366 g/mol. The fourth-order valence-electron chi connectivity index (χ4n) is 3.07. The highest BCUT2D eigenvalue weighted by Crippen LogP contribution is 2.31. The maximum absolute atomic E-state index is 11.9. The van der Waals surface area contributed by atoms with Crippen molar-refractivity contribution < 1.29 is 8.42 Å². The molecule has 0 aromatic carbocycles. The normalized spacial score (nSPS) is 20.6. The summed E-state index contributed by atoms with van der Waals surface area (Å²) in [7, 11) is -1.11. The lowest BCUT2D eigenvalue weighted by Crippen LogP contribution is -2.53. The molecule has 0 aliphatic heterocycles. The van der Waals surface area contributed by atoms with Gasteiger partial charge in [-0.15, -0.1) is 0 Å². The number of sulfonamides is 1. The molecule has 25 heavy (non-hydrogen) atoms. The predicted molar refractivity (Wildman–Crippen MR) is 103 cm³/mol. The highest BCUT2D eigenvalue weighted by atomic mass is 32.2. The summed E-state index contributed by atoms with van der Waals surface area (Å²) in [6.45, 7) is 6.02. The van der Waals surface area contributed by atoms with Gasteiger partial charge in [-0.25, -0.2) is 23.1 Å². The van der Waals surface area contributed by atoms with Crippen LogP contribution >= 0.6 is 0 Å². The van der Waals surface area contributed by atoms with Gasteiger partial charge in [-0.2, -0.15) is 0 Å². The molecule has 0 amide bonds. The minimum absolute atomic E-state index is 0.0333. The van der Waals surface area contributed by atoms with Crippen LogP contribution in [0.1, 0.15) is 57.2 Å². The first-order valence-electron chi connectivity index (χ1n) is 9.08. The zero-order valence-corrected chi connectivity index (χ0v) is 16.5. The molecule has 0 unspecified atom stereocenters. The summed E-state index contributed by atoms with van der Waals surface area (Å²) in [5.41, 5.74) is 2.01. The van der Waals surface area contributed by atoms with Crippen LogP contribution in [0.4, 0.5) is 5.82 Å². The van der Waals surface area contributed by atoms with Crippen LogP contribution < -0.4 is 9.62 Å². The molecule has 0 spiro atoms. The van der Waals surface area contributed by atoms with Crippen LogP contribution in [-0.4, -0.2) is 43.3 Å². The maximum Gasteiger partial charge on any atom is 0.211 e. The molecule has 1 aromatic rings. The molecular weight excluding hydrogens is 336 g/mol. The third kappa shape index (κ3) is 5.25. The van der Waals surface area contributed by atoms with Gasteiger partial charge in [0.1, 0.15) is 12.1 Å². The third-order valence-electron chi connectivity index (χ3n) is 4.62.